The number of carbonyl (C=O) groups is 2. The highest BCUT2D eigenvalue weighted by atomic mass is 16.5. The molecule has 0 spiro atoms. The van der Waals surface area contributed by atoms with Gasteiger partial charge in [0.15, 0.2) is 0 Å². The molecule has 0 unspecified atom stereocenters. The van der Waals surface area contributed by atoms with Crippen molar-refractivity contribution in [2.75, 3.05) is 12.4 Å². The normalized spacial score (nSPS) is 13.3. The van der Waals surface area contributed by atoms with Crippen LogP contribution in [0.2, 0.25) is 0 Å². The van der Waals surface area contributed by atoms with E-state index in [1.807, 2.05) is 42.5 Å². The minimum atomic E-state index is -0.410. The highest BCUT2D eigenvalue weighted by molar-refractivity contribution is 6.04. The van der Waals surface area contributed by atoms with Crippen LogP contribution in [0.4, 0.5) is 5.69 Å². The predicted molar refractivity (Wildman–Crippen MR) is 138 cm³/mol. The SMILES string of the molecule is COc1ccc(NC(=O)C#Cc2ccccc2)cc1CNC(=O)c1ccc(C2CCCCC2)cc1. The van der Waals surface area contributed by atoms with Crippen molar-refractivity contribution in [3.63, 3.8) is 0 Å². The number of hydrogen-bond donors (Lipinski definition) is 2. The van der Waals surface area contributed by atoms with Crippen molar-refractivity contribution in [2.45, 2.75) is 44.6 Å². The summed E-state index contributed by atoms with van der Waals surface area (Å²) in [7, 11) is 1.58. The van der Waals surface area contributed by atoms with Gasteiger partial charge in [0.05, 0.1) is 7.11 Å². The monoisotopic (exact) mass is 466 g/mol. The maximum Gasteiger partial charge on any atom is 0.300 e. The molecule has 0 bridgehead atoms. The molecule has 35 heavy (non-hydrogen) atoms. The van der Waals surface area contributed by atoms with Crippen molar-refractivity contribution in [2.24, 2.45) is 0 Å². The largest absolute Gasteiger partial charge is 0.496 e. The summed E-state index contributed by atoms with van der Waals surface area (Å²) in [5.74, 6) is 6.12. The average molecular weight is 467 g/mol. The Morgan fingerprint density at radius 3 is 2.40 bits per heavy atom. The average Bonchev–Trinajstić information content (AvgIpc) is 2.92. The lowest BCUT2D eigenvalue weighted by atomic mass is 9.84. The molecule has 178 valence electrons. The summed E-state index contributed by atoms with van der Waals surface area (Å²) in [4.78, 5) is 25.0. The van der Waals surface area contributed by atoms with Crippen LogP contribution in [0.1, 0.15) is 65.1 Å². The number of amides is 2. The third kappa shape index (κ3) is 6.74. The molecule has 0 aromatic heterocycles. The van der Waals surface area contributed by atoms with Gasteiger partial charge in [0, 0.05) is 34.8 Å². The highest BCUT2D eigenvalue weighted by Crippen LogP contribution is 2.32. The minimum Gasteiger partial charge on any atom is -0.496 e. The summed E-state index contributed by atoms with van der Waals surface area (Å²) < 4.78 is 5.44. The second kappa shape index (κ2) is 11.9. The molecule has 2 N–H and O–H groups in total. The summed E-state index contributed by atoms with van der Waals surface area (Å²) in [6.45, 7) is 0.270. The van der Waals surface area contributed by atoms with Gasteiger partial charge in [-0.3, -0.25) is 9.59 Å². The Morgan fingerprint density at radius 2 is 1.69 bits per heavy atom. The molecule has 0 radical (unpaired) electrons. The third-order valence-corrected chi connectivity index (χ3v) is 6.32. The first-order valence-corrected chi connectivity index (χ1v) is 12.1. The fourth-order valence-electron chi connectivity index (χ4n) is 4.43. The van der Waals surface area contributed by atoms with Crippen molar-refractivity contribution in [1.82, 2.24) is 5.32 Å². The van der Waals surface area contributed by atoms with Gasteiger partial charge in [-0.05, 0) is 66.8 Å². The zero-order chi connectivity index (χ0) is 24.5. The molecule has 3 aromatic rings. The molecule has 4 rings (SSSR count). The number of ether oxygens (including phenoxy) is 1. The number of carbonyl (C=O) groups excluding carboxylic acids is 2. The van der Waals surface area contributed by atoms with Gasteiger partial charge in [0.2, 0.25) is 0 Å². The third-order valence-electron chi connectivity index (χ3n) is 6.32. The Kier molecular flexibility index (Phi) is 8.19. The lowest BCUT2D eigenvalue weighted by molar-refractivity contribution is -0.111. The summed E-state index contributed by atoms with van der Waals surface area (Å²) >= 11 is 0. The molecule has 0 aliphatic heterocycles. The Bertz CT molecular complexity index is 1220. The summed E-state index contributed by atoms with van der Waals surface area (Å²) in [6, 6.07) is 22.6. The van der Waals surface area contributed by atoms with Crippen LogP contribution < -0.4 is 15.4 Å². The molecule has 3 aromatic carbocycles. The van der Waals surface area contributed by atoms with E-state index in [2.05, 4.69) is 34.6 Å². The number of anilines is 1. The molecule has 2 amide bonds. The van der Waals surface area contributed by atoms with E-state index in [0.29, 0.717) is 22.9 Å². The Morgan fingerprint density at radius 1 is 0.943 bits per heavy atom. The van der Waals surface area contributed by atoms with Crippen molar-refractivity contribution in [3.05, 3.63) is 95.1 Å². The van der Waals surface area contributed by atoms with E-state index in [1.165, 1.54) is 37.7 Å². The molecule has 0 atom stereocenters. The zero-order valence-corrected chi connectivity index (χ0v) is 20.0. The number of benzene rings is 3. The van der Waals surface area contributed by atoms with E-state index in [4.69, 9.17) is 4.74 Å². The molecule has 1 fully saturated rings. The van der Waals surface area contributed by atoms with Gasteiger partial charge in [-0.2, -0.15) is 0 Å². The van der Waals surface area contributed by atoms with Gasteiger partial charge < -0.3 is 15.4 Å². The van der Waals surface area contributed by atoms with Crippen LogP contribution in [0.25, 0.3) is 0 Å². The summed E-state index contributed by atoms with van der Waals surface area (Å²) in [5, 5.41) is 5.74. The van der Waals surface area contributed by atoms with Crippen molar-refractivity contribution in [3.8, 4) is 17.6 Å². The fraction of sp³-hybridized carbons (Fsp3) is 0.267. The maximum atomic E-state index is 12.7. The molecule has 5 heteroatoms. The number of methoxy groups -OCH3 is 1. The van der Waals surface area contributed by atoms with E-state index < -0.39 is 5.91 Å². The molecule has 1 aliphatic rings. The topological polar surface area (TPSA) is 67.4 Å². The summed E-state index contributed by atoms with van der Waals surface area (Å²) in [5.41, 5.74) is 4.06. The fourth-order valence-corrected chi connectivity index (χ4v) is 4.43. The van der Waals surface area contributed by atoms with Crippen LogP contribution in [0, 0.1) is 11.8 Å². The Balaban J connectivity index is 1.37. The maximum absolute atomic E-state index is 12.7. The van der Waals surface area contributed by atoms with E-state index in [-0.39, 0.29) is 12.5 Å². The van der Waals surface area contributed by atoms with Crippen LogP contribution >= 0.6 is 0 Å². The number of rotatable bonds is 6. The first-order valence-electron chi connectivity index (χ1n) is 12.1. The van der Waals surface area contributed by atoms with Gasteiger partial charge in [-0.15, -0.1) is 0 Å². The van der Waals surface area contributed by atoms with Crippen LogP contribution in [0.15, 0.2) is 72.8 Å². The van der Waals surface area contributed by atoms with Crippen molar-refractivity contribution < 1.29 is 14.3 Å². The van der Waals surface area contributed by atoms with E-state index >= 15 is 0 Å². The van der Waals surface area contributed by atoms with E-state index in [9.17, 15) is 9.59 Å². The van der Waals surface area contributed by atoms with Gasteiger partial charge in [0.1, 0.15) is 5.75 Å². The molecule has 5 nitrogen and oxygen atoms in total. The predicted octanol–water partition coefficient (Wildman–Crippen LogP) is 5.66. The smallest absolute Gasteiger partial charge is 0.300 e. The quantitative estimate of drug-likeness (QED) is 0.461. The zero-order valence-electron chi connectivity index (χ0n) is 20.0. The second-order valence-electron chi connectivity index (χ2n) is 8.74. The Labute approximate surface area is 206 Å². The standard InChI is InChI=1S/C30H30N2O3/c1-35-28-18-17-27(32-29(33)19-12-22-8-4-2-5-9-22)20-26(28)21-31-30(34)25-15-13-24(14-16-25)23-10-6-3-7-11-23/h2,4-5,8-9,13-18,20,23H,3,6-7,10-11,21H2,1H3,(H,31,34)(H,32,33). The van der Waals surface area contributed by atoms with Gasteiger partial charge >= 0.3 is 5.91 Å². The van der Waals surface area contributed by atoms with Crippen molar-refractivity contribution >= 4 is 17.5 Å². The molecule has 0 heterocycles. The van der Waals surface area contributed by atoms with Gasteiger partial charge in [0.25, 0.3) is 5.91 Å². The van der Waals surface area contributed by atoms with Crippen LogP contribution in [0.3, 0.4) is 0 Å². The van der Waals surface area contributed by atoms with Crippen LogP contribution in [0.5, 0.6) is 5.75 Å². The first-order chi connectivity index (χ1) is 17.1. The molecule has 0 saturated heterocycles. The minimum absolute atomic E-state index is 0.148. The molecular formula is C30H30N2O3. The molecule has 1 aliphatic carbocycles. The lowest BCUT2D eigenvalue weighted by Gasteiger charge is -2.22. The molecule has 1 saturated carbocycles. The lowest BCUT2D eigenvalue weighted by Crippen LogP contribution is -2.23. The van der Waals surface area contributed by atoms with E-state index in [0.717, 1.165) is 11.1 Å². The van der Waals surface area contributed by atoms with Gasteiger partial charge in [-0.25, -0.2) is 0 Å². The van der Waals surface area contributed by atoms with Crippen LogP contribution in [-0.2, 0) is 11.3 Å². The van der Waals surface area contributed by atoms with Gasteiger partial charge in [-0.1, -0.05) is 55.5 Å². The van der Waals surface area contributed by atoms with Crippen molar-refractivity contribution in [1.29, 1.82) is 0 Å². The van der Waals surface area contributed by atoms with E-state index in [1.54, 1.807) is 25.3 Å². The number of hydrogen-bond acceptors (Lipinski definition) is 3. The number of nitrogens with one attached hydrogen (secondary N) is 2. The highest BCUT2D eigenvalue weighted by Gasteiger charge is 2.16. The Hall–Kier alpha value is -4.04. The second-order valence-corrected chi connectivity index (χ2v) is 8.74. The first kappa shape index (κ1) is 24.1. The van der Waals surface area contributed by atoms with Crippen LogP contribution in [-0.4, -0.2) is 18.9 Å². The molecular weight excluding hydrogens is 436 g/mol. The summed E-state index contributed by atoms with van der Waals surface area (Å²) in [6.07, 6.45) is 6.36.